The minimum Gasteiger partial charge on any atom is -0.166 e. The van der Waals surface area contributed by atoms with E-state index in [9.17, 15) is 26.3 Å². The maximum Gasteiger partial charge on any atom is 0.417 e. The summed E-state index contributed by atoms with van der Waals surface area (Å²) in [6.07, 6.45) is -9.74. The molecular formula is C14H7F6. The lowest BCUT2D eigenvalue weighted by Crippen LogP contribution is -2.14. The van der Waals surface area contributed by atoms with Crippen molar-refractivity contribution >= 4 is 0 Å². The Hall–Kier alpha value is -1.98. The second kappa shape index (κ2) is 4.85. The summed E-state index contributed by atoms with van der Waals surface area (Å²) in [6, 6.07) is 9.53. The van der Waals surface area contributed by atoms with Crippen LogP contribution in [0.1, 0.15) is 11.1 Å². The summed E-state index contributed by atoms with van der Waals surface area (Å²) < 4.78 is 77.5. The standard InChI is InChI=1S/C14H7F6/c15-13(16,17)10-7-4-8-11(14(18,19)20)12(10)9-5-2-1-3-6-9/h1-2,4-8H. The fourth-order valence-corrected chi connectivity index (χ4v) is 1.88. The van der Waals surface area contributed by atoms with E-state index in [0.717, 1.165) is 12.1 Å². The molecule has 2 rings (SSSR count). The topological polar surface area (TPSA) is 0 Å². The SMILES string of the molecule is FC(F)(F)c1cccc(C(F)(F)F)c1-c1c[c]ccc1. The highest BCUT2D eigenvalue weighted by Crippen LogP contribution is 2.44. The van der Waals surface area contributed by atoms with Gasteiger partial charge in [0, 0.05) is 5.56 Å². The van der Waals surface area contributed by atoms with E-state index in [1.807, 2.05) is 0 Å². The highest BCUT2D eigenvalue weighted by atomic mass is 19.4. The number of hydrogen-bond acceptors (Lipinski definition) is 0. The molecule has 0 bridgehead atoms. The van der Waals surface area contributed by atoms with Crippen LogP contribution < -0.4 is 0 Å². The normalized spacial score (nSPS) is 12.5. The van der Waals surface area contributed by atoms with Crippen LogP contribution in [0.15, 0.2) is 42.5 Å². The molecule has 0 N–H and O–H groups in total. The van der Waals surface area contributed by atoms with Crippen LogP contribution in [0.4, 0.5) is 26.3 Å². The lowest BCUT2D eigenvalue weighted by molar-refractivity contribution is -0.142. The largest absolute Gasteiger partial charge is 0.417 e. The van der Waals surface area contributed by atoms with Gasteiger partial charge in [0.15, 0.2) is 0 Å². The maximum absolute atomic E-state index is 12.9. The third-order valence-corrected chi connectivity index (χ3v) is 2.67. The van der Waals surface area contributed by atoms with Crippen LogP contribution in [-0.4, -0.2) is 0 Å². The van der Waals surface area contributed by atoms with Gasteiger partial charge in [-0.15, -0.1) is 0 Å². The van der Waals surface area contributed by atoms with Gasteiger partial charge in [-0.3, -0.25) is 0 Å². The second-order valence-corrected chi connectivity index (χ2v) is 4.02. The molecule has 20 heavy (non-hydrogen) atoms. The zero-order chi connectivity index (χ0) is 15.0. The van der Waals surface area contributed by atoms with Gasteiger partial charge in [0.05, 0.1) is 11.1 Å². The fourth-order valence-electron chi connectivity index (χ4n) is 1.88. The van der Waals surface area contributed by atoms with Crippen molar-refractivity contribution in [3.8, 4) is 11.1 Å². The Balaban J connectivity index is 2.80. The molecule has 0 aliphatic heterocycles. The smallest absolute Gasteiger partial charge is 0.166 e. The quantitative estimate of drug-likeness (QED) is 0.634. The van der Waals surface area contributed by atoms with E-state index in [1.54, 1.807) is 0 Å². The average molecular weight is 289 g/mol. The number of rotatable bonds is 1. The summed E-state index contributed by atoms with van der Waals surface area (Å²) in [4.78, 5) is 0. The third kappa shape index (κ3) is 2.79. The van der Waals surface area contributed by atoms with E-state index < -0.39 is 29.0 Å². The van der Waals surface area contributed by atoms with E-state index in [2.05, 4.69) is 6.07 Å². The first kappa shape index (κ1) is 14.4. The van der Waals surface area contributed by atoms with Crippen molar-refractivity contribution in [3.05, 3.63) is 59.7 Å². The van der Waals surface area contributed by atoms with Crippen molar-refractivity contribution in [1.82, 2.24) is 0 Å². The summed E-state index contributed by atoms with van der Waals surface area (Å²) in [5.41, 5.74) is -3.67. The van der Waals surface area contributed by atoms with Gasteiger partial charge in [0.25, 0.3) is 0 Å². The molecule has 105 valence electrons. The first-order valence-electron chi connectivity index (χ1n) is 5.45. The van der Waals surface area contributed by atoms with Crippen LogP contribution in [0.3, 0.4) is 0 Å². The minimum absolute atomic E-state index is 0.173. The van der Waals surface area contributed by atoms with Crippen LogP contribution in [0.2, 0.25) is 0 Å². The Morgan fingerprint density at radius 3 is 1.70 bits per heavy atom. The van der Waals surface area contributed by atoms with Gasteiger partial charge in [-0.05, 0) is 29.8 Å². The van der Waals surface area contributed by atoms with Gasteiger partial charge in [-0.25, -0.2) is 0 Å². The second-order valence-electron chi connectivity index (χ2n) is 4.02. The van der Waals surface area contributed by atoms with Crippen molar-refractivity contribution in [2.45, 2.75) is 12.4 Å². The van der Waals surface area contributed by atoms with E-state index in [-0.39, 0.29) is 5.56 Å². The lowest BCUT2D eigenvalue weighted by Gasteiger charge is -2.18. The van der Waals surface area contributed by atoms with Crippen molar-refractivity contribution in [2.24, 2.45) is 0 Å². The predicted molar refractivity (Wildman–Crippen MR) is 60.7 cm³/mol. The molecule has 0 saturated carbocycles. The summed E-state index contributed by atoms with van der Waals surface area (Å²) in [7, 11) is 0. The van der Waals surface area contributed by atoms with Gasteiger partial charge in [0.1, 0.15) is 0 Å². The summed E-state index contributed by atoms with van der Waals surface area (Å²) in [6.45, 7) is 0. The Morgan fingerprint density at radius 2 is 1.30 bits per heavy atom. The highest BCUT2D eigenvalue weighted by molar-refractivity contribution is 5.72. The summed E-state index contributed by atoms with van der Waals surface area (Å²) in [5, 5.41) is 0. The first-order valence-corrected chi connectivity index (χ1v) is 5.45. The first-order chi connectivity index (χ1) is 9.21. The van der Waals surface area contributed by atoms with Crippen LogP contribution in [-0.2, 0) is 12.4 Å². The molecule has 0 fully saturated rings. The molecule has 2 aromatic carbocycles. The van der Waals surface area contributed by atoms with E-state index in [1.165, 1.54) is 18.2 Å². The molecule has 2 aromatic rings. The number of alkyl halides is 6. The summed E-state index contributed by atoms with van der Waals surface area (Å²) >= 11 is 0. The fraction of sp³-hybridized carbons (Fsp3) is 0.143. The number of halogens is 6. The molecule has 0 unspecified atom stereocenters. The van der Waals surface area contributed by atoms with Crippen LogP contribution in [0, 0.1) is 6.07 Å². The minimum atomic E-state index is -4.87. The lowest BCUT2D eigenvalue weighted by atomic mass is 9.93. The van der Waals surface area contributed by atoms with Crippen molar-refractivity contribution in [3.63, 3.8) is 0 Å². The monoisotopic (exact) mass is 289 g/mol. The van der Waals surface area contributed by atoms with Gasteiger partial charge < -0.3 is 0 Å². The third-order valence-electron chi connectivity index (χ3n) is 2.67. The van der Waals surface area contributed by atoms with Crippen LogP contribution in [0.25, 0.3) is 11.1 Å². The predicted octanol–water partition coefficient (Wildman–Crippen LogP) is 5.19. The Labute approximate surface area is 110 Å². The molecule has 0 aromatic heterocycles. The molecule has 0 amide bonds. The Bertz CT molecular complexity index is 563. The number of hydrogen-bond donors (Lipinski definition) is 0. The van der Waals surface area contributed by atoms with Crippen molar-refractivity contribution in [1.29, 1.82) is 0 Å². The maximum atomic E-state index is 12.9. The van der Waals surface area contributed by atoms with E-state index >= 15 is 0 Å². The molecule has 0 nitrogen and oxygen atoms in total. The van der Waals surface area contributed by atoms with Gasteiger partial charge in [-0.1, -0.05) is 24.3 Å². The Morgan fingerprint density at radius 1 is 0.750 bits per heavy atom. The molecule has 1 radical (unpaired) electrons. The van der Waals surface area contributed by atoms with Gasteiger partial charge in [0.2, 0.25) is 0 Å². The van der Waals surface area contributed by atoms with E-state index in [0.29, 0.717) is 12.1 Å². The molecule has 0 spiro atoms. The van der Waals surface area contributed by atoms with Crippen molar-refractivity contribution in [2.75, 3.05) is 0 Å². The average Bonchev–Trinajstić information content (AvgIpc) is 2.37. The molecule has 0 atom stereocenters. The summed E-state index contributed by atoms with van der Waals surface area (Å²) in [5.74, 6) is 0. The van der Waals surface area contributed by atoms with Gasteiger partial charge >= 0.3 is 12.4 Å². The van der Waals surface area contributed by atoms with Gasteiger partial charge in [-0.2, -0.15) is 26.3 Å². The molecule has 0 saturated heterocycles. The zero-order valence-electron chi connectivity index (χ0n) is 9.81. The van der Waals surface area contributed by atoms with E-state index in [4.69, 9.17) is 0 Å². The van der Waals surface area contributed by atoms with Crippen LogP contribution >= 0.6 is 0 Å². The highest BCUT2D eigenvalue weighted by Gasteiger charge is 2.40. The van der Waals surface area contributed by atoms with Crippen LogP contribution in [0.5, 0.6) is 0 Å². The molecular weight excluding hydrogens is 282 g/mol. The molecule has 6 heteroatoms. The Kier molecular flexibility index (Phi) is 3.50. The zero-order valence-corrected chi connectivity index (χ0v) is 9.81. The molecule has 0 heterocycles. The molecule has 0 aliphatic rings. The number of benzene rings is 2. The molecule has 0 aliphatic carbocycles. The van der Waals surface area contributed by atoms with Crippen molar-refractivity contribution < 1.29 is 26.3 Å².